The van der Waals surface area contributed by atoms with Crippen LogP contribution in [0.3, 0.4) is 0 Å². The number of imidazole rings is 1. The molecule has 0 amide bonds. The number of aromatic hydroxyl groups is 2. The largest absolute Gasteiger partial charge is 0.504 e. The maximum Gasteiger partial charge on any atom is 0.278 e. The van der Waals surface area contributed by atoms with E-state index in [9.17, 15) is 19.8 Å². The van der Waals surface area contributed by atoms with E-state index in [2.05, 4.69) is 21.9 Å². The second-order valence-electron chi connectivity index (χ2n) is 9.73. The van der Waals surface area contributed by atoms with Crippen LogP contribution in [-0.2, 0) is 11.2 Å². The topological polar surface area (TPSA) is 147 Å². The molecule has 2 saturated carbocycles. The van der Waals surface area contributed by atoms with Crippen molar-refractivity contribution in [2.75, 3.05) is 5.73 Å². The first kappa shape index (κ1) is 19.3. The SMILES string of the molecule is C[C@]12CC[C@@H]3c4c(-[15n]5c[15n]c6[15n]c([15NH2])[15nH]c(=O)c65)cc(O)c(O)c4CC[C@H]3[C@@H]1CCC2=O. The zero-order valence-electron chi connectivity index (χ0n) is 17.8. The number of carbonyl (C=O) groups excluding carboxylic acids is 1. The monoisotopic (exact) mass is 440 g/mol. The van der Waals surface area contributed by atoms with E-state index in [-0.39, 0.29) is 39.9 Å². The molecule has 4 atom stereocenters. The molecular formula is C23H25N5O4. The number of fused-ring (bicyclic) bond motifs is 6. The van der Waals surface area contributed by atoms with Gasteiger partial charge in [-0.2, -0.15) is 4.98 Å². The fraction of sp³-hybridized carbons (Fsp3) is 0.478. The van der Waals surface area contributed by atoms with Crippen LogP contribution < -0.4 is 11.3 Å². The number of benzene rings is 1. The van der Waals surface area contributed by atoms with Gasteiger partial charge in [0.1, 0.15) is 12.1 Å². The maximum atomic E-state index is 12.7. The van der Waals surface area contributed by atoms with Crippen LogP contribution in [0.4, 0.5) is 5.95 Å². The number of nitrogens with zero attached hydrogens (tertiary/aromatic N) is 3. The van der Waals surface area contributed by atoms with E-state index < -0.39 is 5.56 Å². The number of phenolic OH excluding ortho intramolecular Hbond substituents is 2. The molecular weight excluding hydrogens is 415 g/mol. The molecule has 2 fully saturated rings. The van der Waals surface area contributed by atoms with Gasteiger partial charge in [-0.15, -0.1) is 0 Å². The molecule has 2 heterocycles. The van der Waals surface area contributed by atoms with Gasteiger partial charge in [0.25, 0.3) is 5.56 Å². The van der Waals surface area contributed by atoms with Gasteiger partial charge in [0.05, 0.1) is 5.69 Å². The Bertz CT molecular complexity index is 1360. The van der Waals surface area contributed by atoms with Gasteiger partial charge >= 0.3 is 0 Å². The molecule has 9 nitrogen and oxygen atoms in total. The Morgan fingerprint density at radius 1 is 1.22 bits per heavy atom. The van der Waals surface area contributed by atoms with Crippen LogP contribution >= 0.6 is 0 Å². The molecule has 3 aliphatic carbocycles. The minimum atomic E-state index is -0.420. The third-order valence-corrected chi connectivity index (χ3v) is 8.34. The summed E-state index contributed by atoms with van der Waals surface area (Å²) in [4.78, 5) is 36.3. The predicted molar refractivity (Wildman–Crippen MR) is 117 cm³/mol. The number of carbonyl (C=O) groups is 1. The van der Waals surface area contributed by atoms with Gasteiger partial charge in [-0.05, 0) is 55.4 Å². The number of nitrogens with one attached hydrogen (secondary N) is 1. The number of rotatable bonds is 1. The van der Waals surface area contributed by atoms with E-state index in [1.807, 2.05) is 0 Å². The first-order valence-corrected chi connectivity index (χ1v) is 11.1. The second kappa shape index (κ2) is 6.34. The van der Waals surface area contributed by atoms with Gasteiger partial charge in [0, 0.05) is 23.5 Å². The molecule has 0 saturated heterocycles. The summed E-state index contributed by atoms with van der Waals surface area (Å²) in [5.74, 6) is 0.793. The first-order chi connectivity index (χ1) is 15.3. The average Bonchev–Trinajstić information content (AvgIpc) is 3.31. The Labute approximate surface area is 183 Å². The molecule has 3 aliphatic rings. The standard InChI is InChI=1S/C23H25N5O4/c1-23-7-6-11-10(13(23)4-5-16(23)30)2-3-12-17(11)14(8-15(29)19(12)31)28-9-25-20-18(28)21(32)27-22(24)26-20/h8-11,13,29,31H,2-7H2,1H3,(H3,24,26,27,32)/t10-,11+,13+,23+/m1/s1/i24+1,25+1,26+1,27+1,28+1. The van der Waals surface area contributed by atoms with Crippen molar-refractivity contribution >= 4 is 22.9 Å². The van der Waals surface area contributed by atoms with Crippen molar-refractivity contribution in [3.8, 4) is 17.2 Å². The maximum absolute atomic E-state index is 12.7. The molecule has 32 heavy (non-hydrogen) atoms. The lowest BCUT2D eigenvalue weighted by Gasteiger charge is -2.48. The van der Waals surface area contributed by atoms with E-state index in [0.29, 0.717) is 36.1 Å². The molecule has 0 spiro atoms. The van der Waals surface area contributed by atoms with Crippen LogP contribution in [-0.4, -0.2) is 35.5 Å². The Kier molecular flexibility index (Phi) is 3.83. The molecule has 0 aliphatic heterocycles. The highest BCUT2D eigenvalue weighted by Gasteiger charge is 2.55. The van der Waals surface area contributed by atoms with E-state index in [1.54, 1.807) is 4.57 Å². The summed E-state index contributed by atoms with van der Waals surface area (Å²) in [6.07, 6.45) is 6.16. The van der Waals surface area contributed by atoms with E-state index in [0.717, 1.165) is 36.8 Å². The quantitative estimate of drug-likeness (QED) is 0.336. The molecule has 0 bridgehead atoms. The lowest BCUT2D eigenvalue weighted by molar-refractivity contribution is -0.129. The van der Waals surface area contributed by atoms with Gasteiger partial charge < -0.3 is 15.9 Å². The summed E-state index contributed by atoms with van der Waals surface area (Å²) in [5.41, 5.74) is 7.73. The zero-order valence-corrected chi connectivity index (χ0v) is 17.8. The number of aromatic nitrogens is 4. The van der Waals surface area contributed by atoms with Crippen molar-refractivity contribution in [3.05, 3.63) is 33.9 Å². The van der Waals surface area contributed by atoms with Gasteiger partial charge in [-0.25, -0.2) is 4.98 Å². The fourth-order valence-corrected chi connectivity index (χ4v) is 6.84. The minimum absolute atomic E-state index is 0.0131. The molecule has 1 aromatic carbocycles. The van der Waals surface area contributed by atoms with Gasteiger partial charge in [0.15, 0.2) is 22.7 Å². The van der Waals surface area contributed by atoms with Crippen molar-refractivity contribution in [1.82, 2.24) is 19.5 Å². The highest BCUT2D eigenvalue weighted by molar-refractivity contribution is 5.87. The van der Waals surface area contributed by atoms with Crippen molar-refractivity contribution in [1.29, 1.82) is 0 Å². The van der Waals surface area contributed by atoms with Crippen LogP contribution in [0, 0.1) is 17.3 Å². The smallest absolute Gasteiger partial charge is 0.278 e. The number of hydrogen-bond donors (Lipinski definition) is 4. The van der Waals surface area contributed by atoms with Gasteiger partial charge in [0.2, 0.25) is 5.95 Å². The summed E-state index contributed by atoms with van der Waals surface area (Å²) in [5, 5.41) is 21.2. The van der Waals surface area contributed by atoms with Gasteiger partial charge in [-0.1, -0.05) is 6.92 Å². The normalized spacial score (nSPS) is 29.0. The van der Waals surface area contributed by atoms with Gasteiger partial charge in [-0.3, -0.25) is 19.1 Å². The molecule has 3 aromatic rings. The fourth-order valence-electron chi connectivity index (χ4n) is 6.84. The van der Waals surface area contributed by atoms with Crippen LogP contribution in [0.5, 0.6) is 11.5 Å². The third-order valence-electron chi connectivity index (χ3n) is 8.34. The number of hydrogen-bond acceptors (Lipinski definition) is 7. The molecule has 0 unspecified atom stereocenters. The van der Waals surface area contributed by atoms with Crippen molar-refractivity contribution in [2.45, 2.75) is 51.4 Å². The second-order valence-corrected chi connectivity index (χ2v) is 9.73. The number of H-pyrrole nitrogens is 1. The lowest BCUT2D eigenvalue weighted by atomic mass is 9.55. The molecule has 5 N–H and O–H groups in total. The molecule has 2 aromatic heterocycles. The van der Waals surface area contributed by atoms with Crippen molar-refractivity contribution < 1.29 is 15.0 Å². The highest BCUT2D eigenvalue weighted by atomic mass is 16.3. The van der Waals surface area contributed by atoms with Crippen molar-refractivity contribution in [3.63, 3.8) is 0 Å². The summed E-state index contributed by atoms with van der Waals surface area (Å²) >= 11 is 0. The van der Waals surface area contributed by atoms with Crippen LogP contribution in [0.2, 0.25) is 0 Å². The summed E-state index contributed by atoms with van der Waals surface area (Å²) < 4.78 is 1.63. The van der Waals surface area contributed by atoms with Crippen LogP contribution in [0.15, 0.2) is 17.2 Å². The molecule has 166 valence electrons. The summed E-state index contributed by atoms with van der Waals surface area (Å²) in [6, 6.07) is 1.50. The number of ketones is 1. The number of nitrogens with two attached hydrogens (primary N) is 1. The third kappa shape index (κ3) is 2.39. The van der Waals surface area contributed by atoms with E-state index in [4.69, 9.17) is 5.73 Å². The number of phenols is 2. The Morgan fingerprint density at radius 3 is 2.84 bits per heavy atom. The van der Waals surface area contributed by atoms with Crippen LogP contribution in [0.1, 0.15) is 56.1 Å². The number of nitrogen functional groups attached to an aromatic ring is 1. The predicted octanol–water partition coefficient (Wildman–Crippen LogP) is 2.53. The Morgan fingerprint density at radius 2 is 2.03 bits per heavy atom. The first-order valence-electron chi connectivity index (χ1n) is 11.1. The zero-order chi connectivity index (χ0) is 22.4. The molecule has 0 radical (unpaired) electrons. The Balaban J connectivity index is 1.58. The average molecular weight is 440 g/mol. The number of aromatic amines is 1. The summed E-state index contributed by atoms with van der Waals surface area (Å²) in [6.45, 7) is 2.12. The van der Waals surface area contributed by atoms with E-state index in [1.165, 1.54) is 12.4 Å². The van der Waals surface area contributed by atoms with Crippen molar-refractivity contribution in [2.24, 2.45) is 17.3 Å². The molecule has 9 heteroatoms. The lowest BCUT2D eigenvalue weighted by Crippen LogP contribution is -2.42. The van der Waals surface area contributed by atoms with E-state index >= 15 is 0 Å². The van der Waals surface area contributed by atoms with Crippen LogP contribution in [0.25, 0.3) is 16.9 Å². The summed E-state index contributed by atoms with van der Waals surface area (Å²) in [7, 11) is 0. The number of anilines is 1. The molecule has 6 rings (SSSR count). The number of Topliss-reactive ketones (excluding diaryl/α,β-unsaturated/α-hetero) is 1. The highest BCUT2D eigenvalue weighted by Crippen LogP contribution is 2.61. The Hall–Kier alpha value is -3.36. The minimum Gasteiger partial charge on any atom is -0.504 e.